The van der Waals surface area contributed by atoms with Crippen LogP contribution in [0.4, 0.5) is 0 Å². The summed E-state index contributed by atoms with van der Waals surface area (Å²) in [5.74, 6) is 5.45. The molecule has 0 fully saturated rings. The van der Waals surface area contributed by atoms with Gasteiger partial charge in [-0.25, -0.2) is 9.59 Å². The van der Waals surface area contributed by atoms with Crippen LogP contribution >= 0.6 is 0 Å². The van der Waals surface area contributed by atoms with Crippen LogP contribution in [0.1, 0.15) is 31.8 Å². The van der Waals surface area contributed by atoms with Crippen molar-refractivity contribution >= 4 is 11.9 Å². The molecular weight excluding hydrogens is 352 g/mol. The first-order chi connectivity index (χ1) is 13.6. The summed E-state index contributed by atoms with van der Waals surface area (Å²) in [5, 5.41) is 0. The third-order valence-electron chi connectivity index (χ3n) is 4.17. The number of methoxy groups -OCH3 is 2. The molecule has 0 N–H and O–H groups in total. The lowest BCUT2D eigenvalue weighted by Gasteiger charge is -2.08. The number of esters is 2. The average molecular weight is 370 g/mol. The SMILES string of the molecule is COC(=O)c1ccc(-c2ccc(C(=O)OC)cc2C#Cc2ccccc2)cc1. The van der Waals surface area contributed by atoms with Crippen molar-refractivity contribution in [3.05, 3.63) is 95.1 Å². The highest BCUT2D eigenvalue weighted by atomic mass is 16.5. The maximum Gasteiger partial charge on any atom is 0.337 e. The molecular formula is C24H18O4. The summed E-state index contributed by atoms with van der Waals surface area (Å²) >= 11 is 0. The van der Waals surface area contributed by atoms with Crippen LogP contribution in [0, 0.1) is 11.8 Å². The van der Waals surface area contributed by atoms with Crippen LogP contribution in [0.5, 0.6) is 0 Å². The van der Waals surface area contributed by atoms with E-state index in [0.717, 1.165) is 16.7 Å². The van der Waals surface area contributed by atoms with E-state index >= 15 is 0 Å². The molecule has 0 aromatic heterocycles. The van der Waals surface area contributed by atoms with Gasteiger partial charge >= 0.3 is 11.9 Å². The molecule has 138 valence electrons. The Morgan fingerprint density at radius 2 is 1.32 bits per heavy atom. The molecule has 4 nitrogen and oxygen atoms in total. The van der Waals surface area contributed by atoms with Crippen LogP contribution in [-0.4, -0.2) is 26.2 Å². The minimum Gasteiger partial charge on any atom is -0.465 e. The maximum absolute atomic E-state index is 11.9. The molecule has 4 heteroatoms. The second-order valence-electron chi connectivity index (χ2n) is 5.94. The highest BCUT2D eigenvalue weighted by Crippen LogP contribution is 2.25. The van der Waals surface area contributed by atoms with E-state index in [1.807, 2.05) is 48.5 Å². The van der Waals surface area contributed by atoms with Gasteiger partial charge in [-0.2, -0.15) is 0 Å². The molecule has 0 amide bonds. The minimum absolute atomic E-state index is 0.392. The molecule has 0 saturated carbocycles. The van der Waals surface area contributed by atoms with Gasteiger partial charge in [0.1, 0.15) is 0 Å². The molecule has 0 aliphatic rings. The first-order valence-corrected chi connectivity index (χ1v) is 8.60. The lowest BCUT2D eigenvalue weighted by Crippen LogP contribution is -2.02. The number of hydrogen-bond donors (Lipinski definition) is 0. The van der Waals surface area contributed by atoms with E-state index in [4.69, 9.17) is 9.47 Å². The van der Waals surface area contributed by atoms with Gasteiger partial charge in [0.15, 0.2) is 0 Å². The first kappa shape index (κ1) is 18.9. The average Bonchev–Trinajstić information content (AvgIpc) is 2.77. The largest absolute Gasteiger partial charge is 0.465 e. The van der Waals surface area contributed by atoms with Crippen molar-refractivity contribution in [2.45, 2.75) is 0 Å². The van der Waals surface area contributed by atoms with Crippen LogP contribution in [0.3, 0.4) is 0 Å². The van der Waals surface area contributed by atoms with Crippen molar-refractivity contribution in [3.63, 3.8) is 0 Å². The smallest absolute Gasteiger partial charge is 0.337 e. The highest BCUT2D eigenvalue weighted by molar-refractivity contribution is 5.92. The third-order valence-corrected chi connectivity index (χ3v) is 4.17. The highest BCUT2D eigenvalue weighted by Gasteiger charge is 2.11. The Kier molecular flexibility index (Phi) is 5.88. The lowest BCUT2D eigenvalue weighted by atomic mass is 9.96. The zero-order valence-electron chi connectivity index (χ0n) is 15.6. The van der Waals surface area contributed by atoms with Gasteiger partial charge in [0.2, 0.25) is 0 Å². The first-order valence-electron chi connectivity index (χ1n) is 8.60. The van der Waals surface area contributed by atoms with Gasteiger partial charge in [-0.3, -0.25) is 0 Å². The fraction of sp³-hybridized carbons (Fsp3) is 0.0833. The van der Waals surface area contributed by atoms with E-state index in [-0.39, 0.29) is 0 Å². The van der Waals surface area contributed by atoms with Gasteiger partial charge in [-0.1, -0.05) is 48.2 Å². The molecule has 0 saturated heterocycles. The number of benzene rings is 3. The number of ether oxygens (including phenoxy) is 2. The van der Waals surface area contributed by atoms with Crippen LogP contribution in [0.25, 0.3) is 11.1 Å². The second kappa shape index (κ2) is 8.70. The monoisotopic (exact) mass is 370 g/mol. The van der Waals surface area contributed by atoms with E-state index in [1.165, 1.54) is 14.2 Å². The summed E-state index contributed by atoms with van der Waals surface area (Å²) < 4.78 is 9.55. The van der Waals surface area contributed by atoms with Crippen molar-refractivity contribution in [1.82, 2.24) is 0 Å². The van der Waals surface area contributed by atoms with E-state index in [9.17, 15) is 9.59 Å². The van der Waals surface area contributed by atoms with Gasteiger partial charge in [0.25, 0.3) is 0 Å². The van der Waals surface area contributed by atoms with Crippen molar-refractivity contribution in [2.24, 2.45) is 0 Å². The van der Waals surface area contributed by atoms with Crippen molar-refractivity contribution < 1.29 is 19.1 Å². The second-order valence-corrected chi connectivity index (χ2v) is 5.94. The summed E-state index contributed by atoms with van der Waals surface area (Å²) in [6.45, 7) is 0. The number of hydrogen-bond acceptors (Lipinski definition) is 4. The molecule has 0 heterocycles. The summed E-state index contributed by atoms with van der Waals surface area (Å²) in [6, 6.07) is 21.9. The van der Waals surface area contributed by atoms with Gasteiger partial charge in [-0.15, -0.1) is 0 Å². The summed E-state index contributed by atoms with van der Waals surface area (Å²) in [6.07, 6.45) is 0. The molecule has 0 radical (unpaired) electrons. The van der Waals surface area contributed by atoms with Crippen LogP contribution in [0.2, 0.25) is 0 Å². The van der Waals surface area contributed by atoms with Gasteiger partial charge in [0.05, 0.1) is 25.3 Å². The Bertz CT molecular complexity index is 1060. The molecule has 0 unspecified atom stereocenters. The summed E-state index contributed by atoms with van der Waals surface area (Å²) in [5.41, 5.74) is 4.19. The summed E-state index contributed by atoms with van der Waals surface area (Å²) in [7, 11) is 2.69. The van der Waals surface area contributed by atoms with Gasteiger partial charge in [0, 0.05) is 11.1 Å². The number of carbonyl (C=O) groups is 2. The van der Waals surface area contributed by atoms with Crippen molar-refractivity contribution in [1.29, 1.82) is 0 Å². The maximum atomic E-state index is 11.9. The van der Waals surface area contributed by atoms with Gasteiger partial charge < -0.3 is 9.47 Å². The van der Waals surface area contributed by atoms with Gasteiger partial charge in [-0.05, 0) is 47.5 Å². The predicted octanol–water partition coefficient (Wildman–Crippen LogP) is 4.33. The Labute approximate surface area is 163 Å². The Morgan fingerprint density at radius 1 is 0.714 bits per heavy atom. The molecule has 28 heavy (non-hydrogen) atoms. The lowest BCUT2D eigenvalue weighted by molar-refractivity contribution is 0.0592. The van der Waals surface area contributed by atoms with E-state index in [1.54, 1.807) is 24.3 Å². The van der Waals surface area contributed by atoms with Crippen molar-refractivity contribution in [3.8, 4) is 23.0 Å². The molecule has 0 aliphatic heterocycles. The van der Waals surface area contributed by atoms with E-state index < -0.39 is 11.9 Å². The molecule has 3 aromatic rings. The minimum atomic E-state index is -0.421. The zero-order chi connectivity index (χ0) is 19.9. The Balaban J connectivity index is 2.06. The quantitative estimate of drug-likeness (QED) is 0.509. The fourth-order valence-electron chi connectivity index (χ4n) is 2.71. The molecule has 0 atom stereocenters. The Morgan fingerprint density at radius 3 is 1.96 bits per heavy atom. The van der Waals surface area contributed by atoms with Crippen LogP contribution in [0.15, 0.2) is 72.8 Å². The number of carbonyl (C=O) groups excluding carboxylic acids is 2. The molecule has 3 aromatic carbocycles. The van der Waals surface area contributed by atoms with E-state index in [0.29, 0.717) is 16.7 Å². The third kappa shape index (κ3) is 4.28. The topological polar surface area (TPSA) is 52.6 Å². The van der Waals surface area contributed by atoms with E-state index in [2.05, 4.69) is 11.8 Å². The summed E-state index contributed by atoms with van der Waals surface area (Å²) in [4.78, 5) is 23.6. The normalized spacial score (nSPS) is 9.79. The van der Waals surface area contributed by atoms with Crippen LogP contribution in [-0.2, 0) is 9.47 Å². The van der Waals surface area contributed by atoms with Crippen LogP contribution < -0.4 is 0 Å². The molecule has 0 aliphatic carbocycles. The predicted molar refractivity (Wildman–Crippen MR) is 107 cm³/mol. The molecule has 0 spiro atoms. The Hall–Kier alpha value is -3.84. The van der Waals surface area contributed by atoms with Crippen molar-refractivity contribution in [2.75, 3.05) is 14.2 Å². The number of rotatable bonds is 3. The zero-order valence-corrected chi connectivity index (χ0v) is 15.6. The standard InChI is InChI=1S/C24H18O4/c1-27-23(25)19-12-10-18(11-13-19)22-15-14-21(24(26)28-2)16-20(22)9-8-17-6-4-3-5-7-17/h3-7,10-16H,1-2H3. The fourth-order valence-corrected chi connectivity index (χ4v) is 2.71. The molecule has 3 rings (SSSR count). The molecule has 0 bridgehead atoms.